The van der Waals surface area contributed by atoms with Gasteiger partial charge in [0.25, 0.3) is 0 Å². The minimum Gasteiger partial charge on any atom is -0.450 e. The second kappa shape index (κ2) is 7.28. The molecule has 0 aromatic rings. The first-order chi connectivity index (χ1) is 6.97. The van der Waals surface area contributed by atoms with E-state index in [9.17, 15) is 14.4 Å². The highest BCUT2D eigenvalue weighted by Gasteiger charge is 2.23. The van der Waals surface area contributed by atoms with Crippen LogP contribution in [-0.2, 0) is 23.9 Å². The van der Waals surface area contributed by atoms with Gasteiger partial charge in [-0.2, -0.15) is 11.8 Å². The number of thioether (sulfide) groups is 1. The SMILES string of the molecule is CSCCC(OC(C)=O)C(=O)OC(C)=O. The topological polar surface area (TPSA) is 69.7 Å². The summed E-state index contributed by atoms with van der Waals surface area (Å²) in [7, 11) is 0. The molecule has 0 aromatic carbocycles. The molecule has 0 rings (SSSR count). The largest absolute Gasteiger partial charge is 0.450 e. The minimum absolute atomic E-state index is 0.340. The van der Waals surface area contributed by atoms with E-state index in [4.69, 9.17) is 4.74 Å². The van der Waals surface area contributed by atoms with Crippen LogP contribution in [0, 0.1) is 0 Å². The van der Waals surface area contributed by atoms with Crippen LogP contribution in [0.1, 0.15) is 20.3 Å². The van der Waals surface area contributed by atoms with Crippen LogP contribution >= 0.6 is 11.8 Å². The average Bonchev–Trinajstić information content (AvgIpc) is 2.10. The Hall–Kier alpha value is -1.04. The number of carbonyl (C=O) groups excluding carboxylic acids is 3. The van der Waals surface area contributed by atoms with Gasteiger partial charge in [0, 0.05) is 20.3 Å². The van der Waals surface area contributed by atoms with Crippen LogP contribution in [0.15, 0.2) is 0 Å². The Balaban J connectivity index is 4.26. The quantitative estimate of drug-likeness (QED) is 0.516. The molecule has 0 spiro atoms. The van der Waals surface area contributed by atoms with E-state index in [2.05, 4.69) is 4.74 Å². The van der Waals surface area contributed by atoms with Crippen LogP contribution in [0.25, 0.3) is 0 Å². The van der Waals surface area contributed by atoms with E-state index >= 15 is 0 Å². The zero-order valence-corrected chi connectivity index (χ0v) is 9.76. The third-order valence-corrected chi connectivity index (χ3v) is 2.04. The van der Waals surface area contributed by atoms with Crippen LogP contribution in [0.3, 0.4) is 0 Å². The van der Waals surface area contributed by atoms with Gasteiger partial charge >= 0.3 is 17.9 Å². The third-order valence-electron chi connectivity index (χ3n) is 1.40. The van der Waals surface area contributed by atoms with Gasteiger partial charge in [0.1, 0.15) is 0 Å². The molecule has 0 N–H and O–H groups in total. The van der Waals surface area contributed by atoms with Crippen LogP contribution < -0.4 is 0 Å². The van der Waals surface area contributed by atoms with Gasteiger partial charge < -0.3 is 9.47 Å². The second-order valence-corrected chi connectivity index (χ2v) is 3.78. The van der Waals surface area contributed by atoms with Crippen molar-refractivity contribution in [1.29, 1.82) is 0 Å². The monoisotopic (exact) mass is 234 g/mol. The van der Waals surface area contributed by atoms with Crippen molar-refractivity contribution in [3.05, 3.63) is 0 Å². The molecule has 86 valence electrons. The lowest BCUT2D eigenvalue weighted by molar-refractivity contribution is -0.172. The van der Waals surface area contributed by atoms with E-state index < -0.39 is 24.0 Å². The van der Waals surface area contributed by atoms with Gasteiger partial charge in [0.2, 0.25) is 0 Å². The fourth-order valence-corrected chi connectivity index (χ4v) is 1.31. The summed E-state index contributed by atoms with van der Waals surface area (Å²) in [4.78, 5) is 32.5. The second-order valence-electron chi connectivity index (χ2n) is 2.79. The van der Waals surface area contributed by atoms with Crippen molar-refractivity contribution in [3.63, 3.8) is 0 Å². The lowest BCUT2D eigenvalue weighted by Gasteiger charge is -2.13. The molecule has 0 aromatic heterocycles. The van der Waals surface area contributed by atoms with E-state index in [1.807, 2.05) is 6.26 Å². The molecule has 0 bridgehead atoms. The highest BCUT2D eigenvalue weighted by Crippen LogP contribution is 2.07. The molecule has 0 heterocycles. The highest BCUT2D eigenvalue weighted by molar-refractivity contribution is 7.98. The van der Waals surface area contributed by atoms with Crippen LogP contribution in [-0.4, -0.2) is 36.0 Å². The zero-order chi connectivity index (χ0) is 11.8. The molecule has 0 amide bonds. The van der Waals surface area contributed by atoms with Gasteiger partial charge in [-0.1, -0.05) is 0 Å². The summed E-state index contributed by atoms with van der Waals surface area (Å²) in [5.41, 5.74) is 0. The molecule has 0 fully saturated rings. The Morgan fingerprint density at radius 3 is 2.20 bits per heavy atom. The van der Waals surface area contributed by atoms with Crippen LogP contribution in [0.5, 0.6) is 0 Å². The molecule has 0 aliphatic rings. The van der Waals surface area contributed by atoms with Gasteiger partial charge in [-0.15, -0.1) is 0 Å². The first kappa shape index (κ1) is 14.0. The smallest absolute Gasteiger partial charge is 0.355 e. The van der Waals surface area contributed by atoms with Crippen LogP contribution in [0.2, 0.25) is 0 Å². The number of ether oxygens (including phenoxy) is 2. The van der Waals surface area contributed by atoms with Crippen molar-refractivity contribution in [2.75, 3.05) is 12.0 Å². The molecule has 0 saturated heterocycles. The first-order valence-electron chi connectivity index (χ1n) is 4.35. The molecule has 1 unspecified atom stereocenters. The average molecular weight is 234 g/mol. The van der Waals surface area contributed by atoms with Crippen molar-refractivity contribution in [2.45, 2.75) is 26.4 Å². The van der Waals surface area contributed by atoms with Gasteiger partial charge in [-0.25, -0.2) is 4.79 Å². The Kier molecular flexibility index (Phi) is 6.77. The van der Waals surface area contributed by atoms with Gasteiger partial charge in [-0.3, -0.25) is 9.59 Å². The predicted molar refractivity (Wildman–Crippen MR) is 55.3 cm³/mol. The van der Waals surface area contributed by atoms with Gasteiger partial charge in [0.05, 0.1) is 0 Å². The molecular weight excluding hydrogens is 220 g/mol. The lowest BCUT2D eigenvalue weighted by atomic mass is 10.3. The summed E-state index contributed by atoms with van der Waals surface area (Å²) in [5.74, 6) is -1.44. The number of hydrogen-bond acceptors (Lipinski definition) is 6. The van der Waals surface area contributed by atoms with Crippen molar-refractivity contribution in [2.24, 2.45) is 0 Å². The Labute approximate surface area is 92.5 Å². The van der Waals surface area contributed by atoms with Crippen molar-refractivity contribution < 1.29 is 23.9 Å². The maximum Gasteiger partial charge on any atom is 0.355 e. The summed E-state index contributed by atoms with van der Waals surface area (Å²) in [6.07, 6.45) is 1.22. The lowest BCUT2D eigenvalue weighted by Crippen LogP contribution is -2.30. The highest BCUT2D eigenvalue weighted by atomic mass is 32.2. The van der Waals surface area contributed by atoms with E-state index in [0.29, 0.717) is 12.2 Å². The molecule has 0 saturated carbocycles. The standard InChI is InChI=1S/C9H14O5S/c1-6(10)13-8(4-5-15-3)9(12)14-7(2)11/h8H,4-5H2,1-3H3. The van der Waals surface area contributed by atoms with Crippen molar-refractivity contribution >= 4 is 29.7 Å². The molecular formula is C9H14O5S. The maximum atomic E-state index is 11.3. The summed E-state index contributed by atoms with van der Waals surface area (Å²) in [5, 5.41) is 0. The van der Waals surface area contributed by atoms with E-state index in [0.717, 1.165) is 6.92 Å². The number of esters is 3. The number of rotatable bonds is 5. The fourth-order valence-electron chi connectivity index (χ4n) is 0.857. The number of hydrogen-bond donors (Lipinski definition) is 0. The summed E-state index contributed by atoms with van der Waals surface area (Å²) >= 11 is 1.51. The normalized spacial score (nSPS) is 11.7. The summed E-state index contributed by atoms with van der Waals surface area (Å²) < 4.78 is 9.08. The summed E-state index contributed by atoms with van der Waals surface area (Å²) in [6, 6.07) is 0. The minimum atomic E-state index is -0.987. The van der Waals surface area contributed by atoms with Crippen molar-refractivity contribution in [3.8, 4) is 0 Å². The van der Waals surface area contributed by atoms with Crippen LogP contribution in [0.4, 0.5) is 0 Å². The first-order valence-corrected chi connectivity index (χ1v) is 5.75. The van der Waals surface area contributed by atoms with Gasteiger partial charge in [-0.05, 0) is 12.0 Å². The maximum absolute atomic E-state index is 11.3. The van der Waals surface area contributed by atoms with E-state index in [1.54, 1.807) is 0 Å². The molecule has 5 nitrogen and oxygen atoms in total. The summed E-state index contributed by atoms with van der Waals surface area (Å²) in [6.45, 7) is 2.32. The molecule has 0 aliphatic heterocycles. The molecule has 1 atom stereocenters. The number of carbonyl (C=O) groups is 3. The van der Waals surface area contributed by atoms with Crippen molar-refractivity contribution in [1.82, 2.24) is 0 Å². The Bertz CT molecular complexity index is 251. The Morgan fingerprint density at radius 2 is 1.80 bits per heavy atom. The molecule has 15 heavy (non-hydrogen) atoms. The molecule has 0 radical (unpaired) electrons. The van der Waals surface area contributed by atoms with E-state index in [1.165, 1.54) is 18.7 Å². The zero-order valence-electron chi connectivity index (χ0n) is 8.94. The van der Waals surface area contributed by atoms with E-state index in [-0.39, 0.29) is 0 Å². The van der Waals surface area contributed by atoms with Gasteiger partial charge in [0.15, 0.2) is 6.10 Å². The Morgan fingerprint density at radius 1 is 1.20 bits per heavy atom. The molecule has 6 heteroatoms. The predicted octanol–water partition coefficient (Wildman–Crippen LogP) is 0.761. The molecule has 0 aliphatic carbocycles. The fraction of sp³-hybridized carbons (Fsp3) is 0.667. The third kappa shape index (κ3) is 6.96.